The molecule has 0 aliphatic heterocycles. The van der Waals surface area contributed by atoms with Gasteiger partial charge in [0.1, 0.15) is 0 Å². The predicted octanol–water partition coefficient (Wildman–Crippen LogP) is 3.09. The molecule has 4 heteroatoms. The van der Waals surface area contributed by atoms with E-state index in [1.807, 2.05) is 0 Å². The molecule has 2 N–H and O–H groups in total. The van der Waals surface area contributed by atoms with Crippen LogP contribution in [0.2, 0.25) is 0 Å². The van der Waals surface area contributed by atoms with Gasteiger partial charge in [0, 0.05) is 4.47 Å². The van der Waals surface area contributed by atoms with Crippen molar-refractivity contribution in [3.63, 3.8) is 0 Å². The summed E-state index contributed by atoms with van der Waals surface area (Å²) in [6.07, 6.45) is 0.559. The molecule has 0 radical (unpaired) electrons. The molecule has 14 heavy (non-hydrogen) atoms. The molecule has 0 aliphatic carbocycles. The van der Waals surface area contributed by atoms with E-state index in [2.05, 4.69) is 22.5 Å². The zero-order valence-corrected chi connectivity index (χ0v) is 9.07. The monoisotopic (exact) mass is 261 g/mol. The van der Waals surface area contributed by atoms with Crippen LogP contribution >= 0.6 is 15.9 Å². The molecule has 0 unspecified atom stereocenters. The third-order valence-corrected chi connectivity index (χ3v) is 2.49. The molecule has 0 fully saturated rings. The summed E-state index contributed by atoms with van der Waals surface area (Å²) in [5.41, 5.74) is 6.60. The van der Waals surface area contributed by atoms with Gasteiger partial charge in [-0.1, -0.05) is 22.5 Å². The third-order valence-electron chi connectivity index (χ3n) is 1.84. The van der Waals surface area contributed by atoms with Crippen LogP contribution in [0.5, 0.6) is 0 Å². The van der Waals surface area contributed by atoms with Gasteiger partial charge in [-0.05, 0) is 36.2 Å². The highest BCUT2D eigenvalue weighted by Crippen LogP contribution is 2.27. The molecule has 0 amide bonds. The molecule has 0 spiro atoms. The topological polar surface area (TPSA) is 26.0 Å². The van der Waals surface area contributed by atoms with Crippen molar-refractivity contribution in [3.8, 4) is 0 Å². The normalized spacial score (nSPS) is 10.3. The lowest BCUT2D eigenvalue weighted by molar-refractivity contribution is 0.507. The van der Waals surface area contributed by atoms with Gasteiger partial charge in [-0.15, -0.1) is 0 Å². The van der Waals surface area contributed by atoms with Gasteiger partial charge in [0.05, 0.1) is 0 Å². The van der Waals surface area contributed by atoms with Gasteiger partial charge in [0.15, 0.2) is 11.6 Å². The Morgan fingerprint density at radius 1 is 1.36 bits per heavy atom. The van der Waals surface area contributed by atoms with Crippen molar-refractivity contribution in [2.75, 3.05) is 6.54 Å². The quantitative estimate of drug-likeness (QED) is 0.832. The SMILES string of the molecule is C=C(CCN)c1cc(F)c(F)cc1Br. The number of hydrogen-bond donors (Lipinski definition) is 1. The highest BCUT2D eigenvalue weighted by atomic mass is 79.9. The van der Waals surface area contributed by atoms with Crippen LogP contribution in [-0.2, 0) is 0 Å². The zero-order chi connectivity index (χ0) is 10.7. The van der Waals surface area contributed by atoms with Crippen molar-refractivity contribution in [3.05, 3.63) is 40.4 Å². The molecular weight excluding hydrogens is 252 g/mol. The Morgan fingerprint density at radius 3 is 2.50 bits per heavy atom. The minimum atomic E-state index is -0.874. The van der Waals surface area contributed by atoms with Crippen LogP contribution in [0.1, 0.15) is 12.0 Å². The molecule has 0 saturated heterocycles. The fourth-order valence-corrected chi connectivity index (χ4v) is 1.70. The van der Waals surface area contributed by atoms with Crippen LogP contribution in [0.4, 0.5) is 8.78 Å². The van der Waals surface area contributed by atoms with Crippen molar-refractivity contribution in [2.45, 2.75) is 6.42 Å². The van der Waals surface area contributed by atoms with Gasteiger partial charge >= 0.3 is 0 Å². The first-order valence-corrected chi connectivity index (χ1v) is 4.88. The third kappa shape index (κ3) is 2.39. The van der Waals surface area contributed by atoms with Crippen LogP contribution in [0, 0.1) is 11.6 Å². The van der Waals surface area contributed by atoms with Gasteiger partial charge in [-0.2, -0.15) is 0 Å². The number of benzene rings is 1. The van der Waals surface area contributed by atoms with Crippen LogP contribution in [0.25, 0.3) is 5.57 Å². The summed E-state index contributed by atoms with van der Waals surface area (Å²) in [6.45, 7) is 4.18. The van der Waals surface area contributed by atoms with E-state index in [9.17, 15) is 8.78 Å². The Morgan fingerprint density at radius 2 is 1.93 bits per heavy atom. The van der Waals surface area contributed by atoms with Gasteiger partial charge in [0.2, 0.25) is 0 Å². The van der Waals surface area contributed by atoms with E-state index in [1.165, 1.54) is 0 Å². The Labute approximate surface area is 89.7 Å². The summed E-state index contributed by atoms with van der Waals surface area (Å²) in [5, 5.41) is 0. The molecule has 0 aliphatic rings. The summed E-state index contributed by atoms with van der Waals surface area (Å²) in [5.74, 6) is -1.75. The summed E-state index contributed by atoms with van der Waals surface area (Å²) in [7, 11) is 0. The average molecular weight is 262 g/mol. The van der Waals surface area contributed by atoms with Crippen molar-refractivity contribution in [1.82, 2.24) is 0 Å². The lowest BCUT2D eigenvalue weighted by Gasteiger charge is -2.07. The number of halogens is 3. The summed E-state index contributed by atoms with van der Waals surface area (Å²) < 4.78 is 26.1. The van der Waals surface area contributed by atoms with Gasteiger partial charge in [-0.3, -0.25) is 0 Å². The first-order chi connectivity index (χ1) is 6.56. The lowest BCUT2D eigenvalue weighted by atomic mass is 10.0. The Bertz CT molecular complexity index is 363. The predicted molar refractivity (Wildman–Crippen MR) is 56.8 cm³/mol. The first kappa shape index (κ1) is 11.3. The van der Waals surface area contributed by atoms with E-state index < -0.39 is 11.6 Å². The standard InChI is InChI=1S/C10H10BrF2N/c1-6(2-3-14)7-4-9(12)10(13)5-8(7)11/h4-5H,1-3,14H2. The molecule has 76 valence electrons. The molecule has 1 aromatic carbocycles. The molecule has 1 aromatic rings. The van der Waals surface area contributed by atoms with Crippen LogP contribution < -0.4 is 5.73 Å². The lowest BCUT2D eigenvalue weighted by Crippen LogP contribution is -2.00. The second-order valence-electron chi connectivity index (χ2n) is 2.89. The fourth-order valence-electron chi connectivity index (χ4n) is 1.10. The van der Waals surface area contributed by atoms with Crippen LogP contribution in [-0.4, -0.2) is 6.54 Å². The minimum Gasteiger partial charge on any atom is -0.330 e. The van der Waals surface area contributed by atoms with Crippen molar-refractivity contribution >= 4 is 21.5 Å². The molecule has 0 bridgehead atoms. The molecule has 1 nitrogen and oxygen atoms in total. The first-order valence-electron chi connectivity index (χ1n) is 4.09. The van der Waals surface area contributed by atoms with Crippen LogP contribution in [0.15, 0.2) is 23.2 Å². The van der Waals surface area contributed by atoms with Crippen molar-refractivity contribution in [2.24, 2.45) is 5.73 Å². The van der Waals surface area contributed by atoms with Crippen molar-refractivity contribution in [1.29, 1.82) is 0 Å². The second-order valence-corrected chi connectivity index (χ2v) is 3.74. The van der Waals surface area contributed by atoms with Gasteiger partial charge in [0.25, 0.3) is 0 Å². The van der Waals surface area contributed by atoms with Crippen molar-refractivity contribution < 1.29 is 8.78 Å². The molecule has 0 aromatic heterocycles. The highest BCUT2D eigenvalue weighted by Gasteiger charge is 2.09. The van der Waals surface area contributed by atoms with E-state index >= 15 is 0 Å². The Hall–Kier alpha value is -0.740. The van der Waals surface area contributed by atoms with E-state index in [0.29, 0.717) is 28.6 Å². The largest absolute Gasteiger partial charge is 0.330 e. The van der Waals surface area contributed by atoms with Gasteiger partial charge in [-0.25, -0.2) is 8.78 Å². The highest BCUT2D eigenvalue weighted by molar-refractivity contribution is 9.10. The average Bonchev–Trinajstić information content (AvgIpc) is 2.11. The zero-order valence-electron chi connectivity index (χ0n) is 7.49. The van der Waals surface area contributed by atoms with E-state index in [-0.39, 0.29) is 0 Å². The second kappa shape index (κ2) is 4.66. The summed E-state index contributed by atoms with van der Waals surface area (Å²) in [4.78, 5) is 0. The minimum absolute atomic E-state index is 0.435. The molecule has 0 saturated carbocycles. The summed E-state index contributed by atoms with van der Waals surface area (Å²) in [6, 6.07) is 2.21. The molecular formula is C10H10BrF2N. The maximum absolute atomic E-state index is 12.9. The summed E-state index contributed by atoms with van der Waals surface area (Å²) >= 11 is 3.14. The van der Waals surface area contributed by atoms with E-state index in [4.69, 9.17) is 5.73 Å². The number of nitrogens with two attached hydrogens (primary N) is 1. The number of hydrogen-bond acceptors (Lipinski definition) is 1. The van der Waals surface area contributed by atoms with E-state index in [1.54, 1.807) is 0 Å². The fraction of sp³-hybridized carbons (Fsp3) is 0.200. The number of rotatable bonds is 3. The maximum atomic E-state index is 12.9. The molecule has 1 rings (SSSR count). The smallest absolute Gasteiger partial charge is 0.159 e. The van der Waals surface area contributed by atoms with E-state index in [0.717, 1.165) is 12.1 Å². The molecule has 0 heterocycles. The Balaban J connectivity index is 3.09. The molecule has 0 atom stereocenters. The van der Waals surface area contributed by atoms with Crippen LogP contribution in [0.3, 0.4) is 0 Å². The Kier molecular flexibility index (Phi) is 3.77. The van der Waals surface area contributed by atoms with Gasteiger partial charge < -0.3 is 5.73 Å². The maximum Gasteiger partial charge on any atom is 0.159 e.